The molecule has 90 valence electrons. The van der Waals surface area contributed by atoms with Crippen LogP contribution in [0.2, 0.25) is 0 Å². The topological polar surface area (TPSA) is 0 Å². The zero-order valence-electron chi connectivity index (χ0n) is 8.83. The third kappa shape index (κ3) is 3.79. The highest BCUT2D eigenvalue weighted by Crippen LogP contribution is 2.31. The molecular formula is C11H11F5. The summed E-state index contributed by atoms with van der Waals surface area (Å²) in [6, 6.07) is 2.08. The van der Waals surface area contributed by atoms with E-state index in [-0.39, 0.29) is 12.0 Å². The summed E-state index contributed by atoms with van der Waals surface area (Å²) < 4.78 is 63.1. The summed E-state index contributed by atoms with van der Waals surface area (Å²) in [4.78, 5) is 0. The fourth-order valence-corrected chi connectivity index (χ4v) is 1.40. The second-order valence-corrected chi connectivity index (χ2v) is 4.24. The van der Waals surface area contributed by atoms with Gasteiger partial charge >= 0.3 is 6.18 Å². The van der Waals surface area contributed by atoms with E-state index in [9.17, 15) is 22.0 Å². The van der Waals surface area contributed by atoms with Gasteiger partial charge in [-0.2, -0.15) is 13.2 Å². The van der Waals surface area contributed by atoms with E-state index in [0.29, 0.717) is 6.07 Å². The lowest BCUT2D eigenvalue weighted by Crippen LogP contribution is -2.16. The van der Waals surface area contributed by atoms with Crippen molar-refractivity contribution in [2.24, 2.45) is 0 Å². The lowest BCUT2D eigenvalue weighted by molar-refractivity contribution is -0.137. The molecule has 0 saturated heterocycles. The largest absolute Gasteiger partial charge is 0.416 e. The van der Waals surface area contributed by atoms with Crippen LogP contribution in [-0.4, -0.2) is 5.67 Å². The van der Waals surface area contributed by atoms with Gasteiger partial charge in [0.1, 0.15) is 11.5 Å². The highest BCUT2D eigenvalue weighted by Gasteiger charge is 2.31. The van der Waals surface area contributed by atoms with Crippen molar-refractivity contribution in [2.45, 2.75) is 32.1 Å². The molecule has 16 heavy (non-hydrogen) atoms. The number of rotatable bonds is 2. The second-order valence-electron chi connectivity index (χ2n) is 4.24. The van der Waals surface area contributed by atoms with Gasteiger partial charge in [0, 0.05) is 6.42 Å². The number of halogens is 5. The van der Waals surface area contributed by atoms with Gasteiger partial charge in [0.2, 0.25) is 0 Å². The highest BCUT2D eigenvalue weighted by molar-refractivity contribution is 5.27. The molecule has 0 aliphatic carbocycles. The third-order valence-corrected chi connectivity index (χ3v) is 1.91. The monoisotopic (exact) mass is 238 g/mol. The predicted octanol–water partition coefficient (Wildman–Crippen LogP) is 4.14. The first-order valence-electron chi connectivity index (χ1n) is 4.63. The van der Waals surface area contributed by atoms with E-state index in [4.69, 9.17) is 0 Å². The average Bonchev–Trinajstić information content (AvgIpc) is 1.97. The number of benzene rings is 1. The van der Waals surface area contributed by atoms with Crippen LogP contribution < -0.4 is 0 Å². The van der Waals surface area contributed by atoms with Crippen LogP contribution in [0.25, 0.3) is 0 Å². The zero-order chi connectivity index (χ0) is 12.6. The van der Waals surface area contributed by atoms with Crippen molar-refractivity contribution in [1.29, 1.82) is 0 Å². The van der Waals surface area contributed by atoms with E-state index < -0.39 is 23.2 Å². The Morgan fingerprint density at radius 2 is 1.56 bits per heavy atom. The van der Waals surface area contributed by atoms with E-state index in [1.165, 1.54) is 13.8 Å². The van der Waals surface area contributed by atoms with Gasteiger partial charge in [-0.15, -0.1) is 0 Å². The number of hydrogen-bond donors (Lipinski definition) is 0. The van der Waals surface area contributed by atoms with Crippen molar-refractivity contribution < 1.29 is 22.0 Å². The molecule has 0 unspecified atom stereocenters. The van der Waals surface area contributed by atoms with Gasteiger partial charge in [-0.3, -0.25) is 0 Å². The fraction of sp³-hybridized carbons (Fsp3) is 0.455. The van der Waals surface area contributed by atoms with E-state index in [0.717, 1.165) is 12.1 Å². The summed E-state index contributed by atoms with van der Waals surface area (Å²) in [5.74, 6) is -1.01. The Kier molecular flexibility index (Phi) is 3.26. The summed E-state index contributed by atoms with van der Waals surface area (Å²) in [6.45, 7) is 2.45. The quantitative estimate of drug-likeness (QED) is 0.679. The maximum Gasteiger partial charge on any atom is 0.416 e. The summed E-state index contributed by atoms with van der Waals surface area (Å²) in [7, 11) is 0. The smallest absolute Gasteiger partial charge is 0.244 e. The lowest BCUT2D eigenvalue weighted by atomic mass is 9.98. The Morgan fingerprint density at radius 3 is 2.00 bits per heavy atom. The molecule has 0 spiro atoms. The van der Waals surface area contributed by atoms with E-state index in [2.05, 4.69) is 0 Å². The lowest BCUT2D eigenvalue weighted by Gasteiger charge is -2.15. The maximum atomic E-state index is 13.2. The molecule has 1 aromatic rings. The fourth-order valence-electron chi connectivity index (χ4n) is 1.40. The Labute approximate surface area is 90.1 Å². The standard InChI is InChI=1S/C11H11F5/c1-10(2,13)6-7-3-8(11(14,15)16)5-9(12)4-7/h3-5H,6H2,1-2H3. The molecule has 5 heteroatoms. The van der Waals surface area contributed by atoms with E-state index in [1.807, 2.05) is 0 Å². The molecule has 0 atom stereocenters. The van der Waals surface area contributed by atoms with Crippen LogP contribution in [0.3, 0.4) is 0 Å². The number of hydrogen-bond acceptors (Lipinski definition) is 0. The molecule has 0 radical (unpaired) electrons. The van der Waals surface area contributed by atoms with E-state index >= 15 is 0 Å². The molecule has 1 aromatic carbocycles. The van der Waals surface area contributed by atoms with Gasteiger partial charge in [-0.05, 0) is 37.6 Å². The Hall–Kier alpha value is -1.13. The zero-order valence-corrected chi connectivity index (χ0v) is 8.83. The van der Waals surface area contributed by atoms with Gasteiger partial charge in [0.25, 0.3) is 0 Å². The van der Waals surface area contributed by atoms with Crippen LogP contribution in [0.15, 0.2) is 18.2 Å². The first-order chi connectivity index (χ1) is 7.08. The summed E-state index contributed by atoms with van der Waals surface area (Å²) in [6.07, 6.45) is -4.87. The molecule has 0 N–H and O–H groups in total. The molecule has 0 aliphatic rings. The molecule has 0 bridgehead atoms. The minimum absolute atomic E-state index is 0.000162. The maximum absolute atomic E-state index is 13.2. The number of alkyl halides is 4. The first kappa shape index (κ1) is 12.9. The van der Waals surface area contributed by atoms with Crippen molar-refractivity contribution in [1.82, 2.24) is 0 Å². The Balaban J connectivity index is 3.09. The van der Waals surface area contributed by atoms with Crippen molar-refractivity contribution in [3.8, 4) is 0 Å². The molecule has 0 aromatic heterocycles. The van der Waals surface area contributed by atoms with Crippen LogP contribution >= 0.6 is 0 Å². The van der Waals surface area contributed by atoms with Crippen LogP contribution in [0.4, 0.5) is 22.0 Å². The Morgan fingerprint density at radius 1 is 1.00 bits per heavy atom. The van der Waals surface area contributed by atoms with E-state index in [1.54, 1.807) is 0 Å². The van der Waals surface area contributed by atoms with Crippen molar-refractivity contribution in [2.75, 3.05) is 0 Å². The molecular weight excluding hydrogens is 227 g/mol. The molecule has 0 heterocycles. The van der Waals surface area contributed by atoms with Gasteiger partial charge in [-0.1, -0.05) is 0 Å². The SMILES string of the molecule is CC(C)(F)Cc1cc(F)cc(C(F)(F)F)c1. The third-order valence-electron chi connectivity index (χ3n) is 1.91. The van der Waals surface area contributed by atoms with Crippen molar-refractivity contribution in [3.63, 3.8) is 0 Å². The van der Waals surface area contributed by atoms with Crippen molar-refractivity contribution in [3.05, 3.63) is 35.1 Å². The summed E-state index contributed by atoms with van der Waals surface area (Å²) in [5.41, 5.74) is -2.76. The van der Waals surface area contributed by atoms with Crippen LogP contribution in [0, 0.1) is 5.82 Å². The summed E-state index contributed by atoms with van der Waals surface area (Å²) >= 11 is 0. The van der Waals surface area contributed by atoms with Crippen LogP contribution in [0.1, 0.15) is 25.0 Å². The average molecular weight is 238 g/mol. The molecule has 0 aliphatic heterocycles. The molecule has 0 nitrogen and oxygen atoms in total. The minimum Gasteiger partial charge on any atom is -0.244 e. The normalized spacial score (nSPS) is 12.9. The summed E-state index contributed by atoms with van der Waals surface area (Å²) in [5, 5.41) is 0. The molecule has 0 amide bonds. The predicted molar refractivity (Wildman–Crippen MR) is 50.3 cm³/mol. The second kappa shape index (κ2) is 4.03. The Bertz CT molecular complexity index is 373. The molecule has 0 saturated carbocycles. The van der Waals surface area contributed by atoms with Crippen LogP contribution in [-0.2, 0) is 12.6 Å². The van der Waals surface area contributed by atoms with Crippen molar-refractivity contribution >= 4 is 0 Å². The van der Waals surface area contributed by atoms with Gasteiger partial charge in [-0.25, -0.2) is 8.78 Å². The first-order valence-corrected chi connectivity index (χ1v) is 4.63. The van der Waals surface area contributed by atoms with Gasteiger partial charge in [0.15, 0.2) is 0 Å². The van der Waals surface area contributed by atoms with Gasteiger partial charge in [0.05, 0.1) is 5.56 Å². The van der Waals surface area contributed by atoms with Gasteiger partial charge < -0.3 is 0 Å². The molecule has 0 fully saturated rings. The minimum atomic E-state index is -4.61. The molecule has 1 rings (SSSR count). The highest BCUT2D eigenvalue weighted by atomic mass is 19.4. The van der Waals surface area contributed by atoms with Crippen LogP contribution in [0.5, 0.6) is 0 Å².